The molecule has 0 spiro atoms. The van der Waals surface area contributed by atoms with Gasteiger partial charge in [0.05, 0.1) is 0 Å². The first kappa shape index (κ1) is 29.3. The fourth-order valence-corrected chi connectivity index (χ4v) is 0. The van der Waals surface area contributed by atoms with Gasteiger partial charge in [0, 0.05) is 0 Å². The van der Waals surface area contributed by atoms with E-state index in [2.05, 4.69) is 0 Å². The van der Waals surface area contributed by atoms with Crippen LogP contribution in [0.2, 0.25) is 0 Å². The molecule has 13 heteroatoms. The second-order valence-corrected chi connectivity index (χ2v) is 3.08. The molecule has 0 aromatic heterocycles. The van der Waals surface area contributed by atoms with Crippen molar-refractivity contribution in [2.24, 2.45) is 0 Å². The molecule has 8 N–H and O–H groups in total. The van der Waals surface area contributed by atoms with E-state index in [1.807, 2.05) is 0 Å². The minimum absolute atomic E-state index is 0. The van der Waals surface area contributed by atoms with E-state index in [0.29, 0.717) is 0 Å². The molecule has 0 aliphatic carbocycles. The maximum absolute atomic E-state index is 8.88. The number of hydrogen-bond acceptors (Lipinski definition) is 2. The van der Waals surface area contributed by atoms with Crippen molar-refractivity contribution in [3.8, 4) is 0 Å². The molecule has 9 nitrogen and oxygen atoms in total. The molecule has 0 saturated heterocycles. The Morgan fingerprint density at radius 1 is 0.692 bits per heavy atom. The van der Waals surface area contributed by atoms with Gasteiger partial charge in [0.15, 0.2) is 0 Å². The molecule has 13 heavy (non-hydrogen) atoms. The molecule has 0 aromatic carbocycles. The summed E-state index contributed by atoms with van der Waals surface area (Å²) in [5.41, 5.74) is 0. The third kappa shape index (κ3) is 631. The standard InChI is InChI=1S/Ca.ClH.2H3O4P.H2O.2H/c;;2*1-5(2,3)4;;;/h;1H;2*(H3,1,2,3,4);1H2;;. The second kappa shape index (κ2) is 11.8. The van der Waals surface area contributed by atoms with E-state index in [-0.39, 0.29) is 55.6 Å². The first-order valence-electron chi connectivity index (χ1n) is 1.57. The van der Waals surface area contributed by atoms with Crippen LogP contribution in [0.5, 0.6) is 0 Å². The van der Waals surface area contributed by atoms with E-state index in [1.165, 1.54) is 0 Å². The molecular formula is H11CaClO9P2. The molecule has 0 bridgehead atoms. The van der Waals surface area contributed by atoms with Crippen molar-refractivity contribution in [3.05, 3.63) is 0 Å². The molecule has 84 valence electrons. The Hall–Kier alpha value is 1.73. The van der Waals surface area contributed by atoms with Crippen LogP contribution >= 0.6 is 28.1 Å². The third-order valence-corrected chi connectivity index (χ3v) is 0. The molecule has 0 unspecified atom stereocenters. The van der Waals surface area contributed by atoms with Crippen LogP contribution in [0.25, 0.3) is 0 Å². The average Bonchev–Trinajstić information content (AvgIpc) is 1.12. The fraction of sp³-hybridized carbons (Fsp3) is 0. The average molecular weight is 293 g/mol. The van der Waals surface area contributed by atoms with Gasteiger partial charge in [-0.05, 0) is 0 Å². The molecule has 0 aliphatic rings. The summed E-state index contributed by atoms with van der Waals surface area (Å²) in [6, 6.07) is 0. The van der Waals surface area contributed by atoms with E-state index in [9.17, 15) is 0 Å². The summed E-state index contributed by atoms with van der Waals surface area (Å²) < 4.78 is 17.8. The van der Waals surface area contributed by atoms with Crippen LogP contribution in [0.15, 0.2) is 0 Å². The van der Waals surface area contributed by atoms with Gasteiger partial charge in [-0.1, -0.05) is 0 Å². The minimum atomic E-state index is -4.64. The van der Waals surface area contributed by atoms with Gasteiger partial charge in [-0.25, -0.2) is 9.13 Å². The van der Waals surface area contributed by atoms with Gasteiger partial charge in [-0.3, -0.25) is 0 Å². The quantitative estimate of drug-likeness (QED) is 0.199. The third-order valence-electron chi connectivity index (χ3n) is 0. The van der Waals surface area contributed by atoms with Gasteiger partial charge >= 0.3 is 53.4 Å². The van der Waals surface area contributed by atoms with Crippen molar-refractivity contribution in [2.45, 2.75) is 0 Å². The van der Waals surface area contributed by atoms with Gasteiger partial charge in [0.1, 0.15) is 0 Å². The maximum atomic E-state index is 8.88. The summed E-state index contributed by atoms with van der Waals surface area (Å²) in [6.07, 6.45) is 0. The van der Waals surface area contributed by atoms with Crippen LogP contribution in [0.3, 0.4) is 0 Å². The van der Waals surface area contributed by atoms with E-state index < -0.39 is 15.6 Å². The van der Waals surface area contributed by atoms with Gasteiger partial charge in [0.25, 0.3) is 0 Å². The van der Waals surface area contributed by atoms with Crippen molar-refractivity contribution in [1.82, 2.24) is 0 Å². The molecule has 0 rings (SSSR count). The Morgan fingerprint density at radius 2 is 0.692 bits per heavy atom. The number of rotatable bonds is 0. The van der Waals surface area contributed by atoms with Crippen LogP contribution in [0.4, 0.5) is 0 Å². The zero-order valence-electron chi connectivity index (χ0n) is 5.30. The molecule has 0 radical (unpaired) electrons. The first-order chi connectivity index (χ1) is 4.00. The first-order valence-corrected chi connectivity index (χ1v) is 4.70. The number of hydrogen-bond donors (Lipinski definition) is 6. The van der Waals surface area contributed by atoms with Crippen molar-refractivity contribution >= 4 is 65.8 Å². The van der Waals surface area contributed by atoms with Crippen molar-refractivity contribution in [3.63, 3.8) is 0 Å². The summed E-state index contributed by atoms with van der Waals surface area (Å²) in [7, 11) is -9.28. The molecule has 0 heterocycles. The van der Waals surface area contributed by atoms with E-state index in [1.54, 1.807) is 0 Å². The molecule has 0 aromatic rings. The van der Waals surface area contributed by atoms with Crippen molar-refractivity contribution in [2.75, 3.05) is 0 Å². The molecule has 0 fully saturated rings. The Bertz CT molecular complexity index is 130. The second-order valence-electron chi connectivity index (χ2n) is 1.03. The van der Waals surface area contributed by atoms with Crippen molar-refractivity contribution in [1.29, 1.82) is 0 Å². The van der Waals surface area contributed by atoms with Gasteiger partial charge in [0.2, 0.25) is 0 Å². The van der Waals surface area contributed by atoms with Gasteiger partial charge in [-0.15, -0.1) is 12.4 Å². The Kier molecular flexibility index (Phi) is 26.6. The zero-order valence-corrected chi connectivity index (χ0v) is 7.91. The SMILES string of the molecule is Cl.O.O=P(O)(O)O.O=P(O)(O)O.[CaH2]. The monoisotopic (exact) mass is 292 g/mol. The molecule has 0 amide bonds. The van der Waals surface area contributed by atoms with Crippen LogP contribution < -0.4 is 0 Å². The van der Waals surface area contributed by atoms with Crippen LogP contribution in [-0.4, -0.2) is 72.6 Å². The fourth-order valence-electron chi connectivity index (χ4n) is 0. The topological polar surface area (TPSA) is 187 Å². The molecule has 0 saturated carbocycles. The Morgan fingerprint density at radius 3 is 0.692 bits per heavy atom. The van der Waals surface area contributed by atoms with Gasteiger partial charge < -0.3 is 34.8 Å². The van der Waals surface area contributed by atoms with Crippen LogP contribution in [-0.2, 0) is 9.13 Å². The number of halogens is 1. The van der Waals surface area contributed by atoms with E-state index in [0.717, 1.165) is 0 Å². The molecule has 0 aliphatic heterocycles. The zero-order chi connectivity index (χ0) is 9.00. The van der Waals surface area contributed by atoms with Crippen LogP contribution in [0.1, 0.15) is 0 Å². The predicted molar refractivity (Wildman–Crippen MR) is 47.9 cm³/mol. The number of phosphoric acid groups is 2. The molecule has 0 atom stereocenters. The Labute approximate surface area is 109 Å². The van der Waals surface area contributed by atoms with Gasteiger partial charge in [-0.2, -0.15) is 0 Å². The predicted octanol–water partition coefficient (Wildman–Crippen LogP) is -3.18. The summed E-state index contributed by atoms with van der Waals surface area (Å²) >= 11 is 0. The van der Waals surface area contributed by atoms with E-state index >= 15 is 0 Å². The van der Waals surface area contributed by atoms with Crippen LogP contribution in [0, 0.1) is 0 Å². The molecular weight excluding hydrogens is 281 g/mol. The van der Waals surface area contributed by atoms with E-state index in [4.69, 9.17) is 38.5 Å². The summed E-state index contributed by atoms with van der Waals surface area (Å²) in [5.74, 6) is 0. The van der Waals surface area contributed by atoms with Crippen molar-refractivity contribution < 1.29 is 44.0 Å². The summed E-state index contributed by atoms with van der Waals surface area (Å²) in [6.45, 7) is 0. The summed E-state index contributed by atoms with van der Waals surface area (Å²) in [4.78, 5) is 43.1. The normalized spacial score (nSPS) is 9.08. The summed E-state index contributed by atoms with van der Waals surface area (Å²) in [5, 5.41) is 0. The Balaban J connectivity index is -0.0000000267.